The van der Waals surface area contributed by atoms with Crippen molar-refractivity contribution in [3.63, 3.8) is 0 Å². The topological polar surface area (TPSA) is 84.2 Å². The van der Waals surface area contributed by atoms with Crippen LogP contribution in [0.15, 0.2) is 27.7 Å². The molecule has 0 atom stereocenters. The Labute approximate surface area is 132 Å². The maximum absolute atomic E-state index is 12.5. The molecule has 2 N–H and O–H groups in total. The Kier molecular flexibility index (Phi) is 4.40. The maximum atomic E-state index is 12.5. The Morgan fingerprint density at radius 2 is 2.05 bits per heavy atom. The van der Waals surface area contributed by atoms with Crippen LogP contribution in [-0.4, -0.2) is 23.3 Å². The van der Waals surface area contributed by atoms with Crippen LogP contribution in [0.4, 0.5) is 5.69 Å². The lowest BCUT2D eigenvalue weighted by Gasteiger charge is -2.12. The highest BCUT2D eigenvalue weighted by Gasteiger charge is 2.21. The number of hydrogen-bond acceptors (Lipinski definition) is 4. The number of benzene rings is 1. The van der Waals surface area contributed by atoms with Gasteiger partial charge < -0.3 is 5.11 Å². The van der Waals surface area contributed by atoms with Gasteiger partial charge in [-0.3, -0.25) is 9.40 Å². The summed E-state index contributed by atoms with van der Waals surface area (Å²) in [5, 5.41) is 13.3. The van der Waals surface area contributed by atoms with Crippen LogP contribution in [0, 0.1) is 13.8 Å². The molecule has 0 aliphatic rings. The van der Waals surface area contributed by atoms with Gasteiger partial charge >= 0.3 is 0 Å². The first-order valence-electron chi connectivity index (χ1n) is 6.17. The van der Waals surface area contributed by atoms with Crippen molar-refractivity contribution in [3.8, 4) is 0 Å². The SMILES string of the molecule is Cc1cc(CO)cc(S(=O)(=O)Nc2cn(C)nc2C)c1Br. The number of sulfonamides is 1. The van der Waals surface area contributed by atoms with Gasteiger partial charge in [0.05, 0.1) is 18.0 Å². The molecular formula is C13H16BrN3O3S. The molecule has 2 aromatic rings. The number of rotatable bonds is 4. The third-order valence-electron chi connectivity index (χ3n) is 3.01. The number of nitrogens with zero attached hydrogens (tertiary/aromatic N) is 2. The molecule has 2 rings (SSSR count). The van der Waals surface area contributed by atoms with Crippen LogP contribution in [0.5, 0.6) is 0 Å². The van der Waals surface area contributed by atoms with E-state index in [4.69, 9.17) is 0 Å². The summed E-state index contributed by atoms with van der Waals surface area (Å²) in [7, 11) is -2.05. The molecule has 0 aliphatic heterocycles. The standard InChI is InChI=1S/C13H16BrN3O3S/c1-8-4-10(7-18)5-12(13(8)14)21(19,20)16-11-6-17(3)15-9(11)2/h4-6,16,18H,7H2,1-3H3. The fourth-order valence-corrected chi connectivity index (χ4v) is 4.17. The fourth-order valence-electron chi connectivity index (χ4n) is 2.00. The number of halogens is 1. The quantitative estimate of drug-likeness (QED) is 0.859. The number of aliphatic hydroxyl groups is 1. The van der Waals surface area contributed by atoms with Crippen LogP contribution in [0.25, 0.3) is 0 Å². The first-order valence-corrected chi connectivity index (χ1v) is 8.45. The molecule has 0 saturated carbocycles. The molecule has 1 aromatic carbocycles. The Bertz CT molecular complexity index is 784. The molecule has 114 valence electrons. The van der Waals surface area contributed by atoms with Gasteiger partial charge in [-0.1, -0.05) is 6.07 Å². The highest BCUT2D eigenvalue weighted by atomic mass is 79.9. The smallest absolute Gasteiger partial charge is 0.263 e. The van der Waals surface area contributed by atoms with Crippen molar-refractivity contribution in [2.24, 2.45) is 7.05 Å². The van der Waals surface area contributed by atoms with E-state index < -0.39 is 10.0 Å². The molecule has 0 saturated heterocycles. The van der Waals surface area contributed by atoms with Gasteiger partial charge in [0.15, 0.2) is 0 Å². The second-order valence-electron chi connectivity index (χ2n) is 4.79. The maximum Gasteiger partial charge on any atom is 0.263 e. The average molecular weight is 374 g/mol. The van der Waals surface area contributed by atoms with Gasteiger partial charge in [0.25, 0.3) is 10.0 Å². The Morgan fingerprint density at radius 3 is 2.57 bits per heavy atom. The van der Waals surface area contributed by atoms with Crippen LogP contribution in [0.1, 0.15) is 16.8 Å². The molecule has 21 heavy (non-hydrogen) atoms. The van der Waals surface area contributed by atoms with Gasteiger partial charge in [-0.2, -0.15) is 5.10 Å². The summed E-state index contributed by atoms with van der Waals surface area (Å²) >= 11 is 3.29. The zero-order chi connectivity index (χ0) is 15.8. The molecule has 0 aliphatic carbocycles. The van der Waals surface area contributed by atoms with Crippen LogP contribution < -0.4 is 4.72 Å². The Balaban J connectivity index is 2.49. The van der Waals surface area contributed by atoms with E-state index in [1.54, 1.807) is 33.2 Å². The molecule has 8 heteroatoms. The van der Waals surface area contributed by atoms with Crippen molar-refractivity contribution in [3.05, 3.63) is 39.6 Å². The van der Waals surface area contributed by atoms with E-state index in [1.165, 1.54) is 10.7 Å². The highest BCUT2D eigenvalue weighted by molar-refractivity contribution is 9.10. The minimum Gasteiger partial charge on any atom is -0.392 e. The number of aliphatic hydroxyl groups excluding tert-OH is 1. The number of aryl methyl sites for hydroxylation is 3. The third-order valence-corrected chi connectivity index (χ3v) is 5.72. The van der Waals surface area contributed by atoms with Crippen molar-refractivity contribution in [2.75, 3.05) is 4.72 Å². The summed E-state index contributed by atoms with van der Waals surface area (Å²) in [6, 6.07) is 3.18. The lowest BCUT2D eigenvalue weighted by Crippen LogP contribution is -2.14. The lowest BCUT2D eigenvalue weighted by atomic mass is 10.1. The van der Waals surface area contributed by atoms with E-state index in [0.717, 1.165) is 5.56 Å². The van der Waals surface area contributed by atoms with Crippen molar-refractivity contribution in [1.29, 1.82) is 0 Å². The first kappa shape index (κ1) is 16.0. The summed E-state index contributed by atoms with van der Waals surface area (Å²) in [6.07, 6.45) is 1.60. The second kappa shape index (κ2) is 5.78. The summed E-state index contributed by atoms with van der Waals surface area (Å²) in [4.78, 5) is 0.0924. The van der Waals surface area contributed by atoms with E-state index in [9.17, 15) is 13.5 Å². The zero-order valence-corrected chi connectivity index (χ0v) is 14.3. The molecule has 1 aromatic heterocycles. The highest BCUT2D eigenvalue weighted by Crippen LogP contribution is 2.29. The Morgan fingerprint density at radius 1 is 1.38 bits per heavy atom. The van der Waals surface area contributed by atoms with Crippen molar-refractivity contribution < 1.29 is 13.5 Å². The molecule has 0 bridgehead atoms. The third kappa shape index (κ3) is 3.28. The number of aromatic nitrogens is 2. The van der Waals surface area contributed by atoms with Gasteiger partial charge in [0, 0.05) is 17.7 Å². The fraction of sp³-hybridized carbons (Fsp3) is 0.308. The molecule has 0 fully saturated rings. The molecular weight excluding hydrogens is 358 g/mol. The van der Waals surface area contributed by atoms with E-state index in [1.807, 2.05) is 0 Å². The van der Waals surface area contributed by atoms with Crippen molar-refractivity contribution in [2.45, 2.75) is 25.3 Å². The number of hydrogen-bond donors (Lipinski definition) is 2. The van der Waals surface area contributed by atoms with Crippen LogP contribution in [-0.2, 0) is 23.7 Å². The van der Waals surface area contributed by atoms with E-state index in [0.29, 0.717) is 21.4 Å². The molecule has 6 nitrogen and oxygen atoms in total. The summed E-state index contributed by atoms with van der Waals surface area (Å²) in [5.41, 5.74) is 2.30. The molecule has 0 amide bonds. The summed E-state index contributed by atoms with van der Waals surface area (Å²) in [6.45, 7) is 3.28. The van der Waals surface area contributed by atoms with Gasteiger partial charge in [-0.05, 0) is 47.0 Å². The monoisotopic (exact) mass is 373 g/mol. The lowest BCUT2D eigenvalue weighted by molar-refractivity contribution is 0.281. The van der Waals surface area contributed by atoms with Crippen LogP contribution in [0.2, 0.25) is 0 Å². The zero-order valence-electron chi connectivity index (χ0n) is 11.9. The predicted octanol–water partition coefficient (Wildman–Crippen LogP) is 2.09. The van der Waals surface area contributed by atoms with E-state index in [-0.39, 0.29) is 11.5 Å². The van der Waals surface area contributed by atoms with E-state index in [2.05, 4.69) is 25.8 Å². The average Bonchev–Trinajstić information content (AvgIpc) is 2.70. The van der Waals surface area contributed by atoms with Gasteiger partial charge in [0.1, 0.15) is 4.90 Å². The summed E-state index contributed by atoms with van der Waals surface area (Å²) in [5.74, 6) is 0. The van der Waals surface area contributed by atoms with Crippen molar-refractivity contribution in [1.82, 2.24) is 9.78 Å². The number of anilines is 1. The van der Waals surface area contributed by atoms with Gasteiger partial charge in [0.2, 0.25) is 0 Å². The molecule has 0 spiro atoms. The minimum atomic E-state index is -3.77. The molecule has 1 heterocycles. The molecule has 0 unspecified atom stereocenters. The normalized spacial score (nSPS) is 11.7. The van der Waals surface area contributed by atoms with Crippen LogP contribution in [0.3, 0.4) is 0 Å². The predicted molar refractivity (Wildman–Crippen MR) is 83.6 cm³/mol. The van der Waals surface area contributed by atoms with Crippen LogP contribution >= 0.6 is 15.9 Å². The molecule has 0 radical (unpaired) electrons. The van der Waals surface area contributed by atoms with E-state index >= 15 is 0 Å². The summed E-state index contributed by atoms with van der Waals surface area (Å²) < 4.78 is 29.6. The first-order chi connectivity index (χ1) is 9.74. The van der Waals surface area contributed by atoms with Gasteiger partial charge in [-0.25, -0.2) is 8.42 Å². The van der Waals surface area contributed by atoms with Crippen molar-refractivity contribution >= 4 is 31.6 Å². The minimum absolute atomic E-state index is 0.0924. The van der Waals surface area contributed by atoms with Gasteiger partial charge in [-0.15, -0.1) is 0 Å². The second-order valence-corrected chi connectivity index (χ2v) is 7.23. The largest absolute Gasteiger partial charge is 0.392 e. The Hall–Kier alpha value is -1.38. The number of nitrogens with one attached hydrogen (secondary N) is 1.